The van der Waals surface area contributed by atoms with E-state index in [1.165, 1.54) is 4.90 Å². The van der Waals surface area contributed by atoms with Crippen molar-refractivity contribution in [3.63, 3.8) is 0 Å². The van der Waals surface area contributed by atoms with Crippen molar-refractivity contribution in [2.24, 2.45) is 11.1 Å². The number of anilines is 2. The van der Waals surface area contributed by atoms with Gasteiger partial charge in [-0.1, -0.05) is 56.2 Å². The lowest BCUT2D eigenvalue weighted by atomic mass is 9.60. The molecule has 5 rings (SSSR count). The average molecular weight is 449 g/mol. The highest BCUT2D eigenvalue weighted by molar-refractivity contribution is 6.21. The first-order valence-corrected chi connectivity index (χ1v) is 11.1. The fourth-order valence-electron chi connectivity index (χ4n) is 5.68. The monoisotopic (exact) mass is 448 g/mol. The molecule has 0 unspecified atom stereocenters. The smallest absolute Gasteiger partial charge is 0.248 e. The third-order valence-electron chi connectivity index (χ3n) is 6.91. The molecule has 34 heavy (non-hydrogen) atoms. The van der Waals surface area contributed by atoms with Crippen LogP contribution in [0.4, 0.5) is 11.4 Å². The number of allylic oxidation sites excluding steroid dienone is 1. The van der Waals surface area contributed by atoms with Gasteiger partial charge in [-0.25, -0.2) is 0 Å². The molecule has 6 nitrogen and oxygen atoms in total. The van der Waals surface area contributed by atoms with Crippen molar-refractivity contribution in [2.45, 2.75) is 32.1 Å². The molecule has 1 aliphatic carbocycles. The van der Waals surface area contributed by atoms with Gasteiger partial charge in [0.1, 0.15) is 17.3 Å². The SMILES string of the molecule is C#CCN1C(=O)[C@]2(C(C#N)=C(N)N(c3ccccc3)C3=C2C(=O)CC(C)(C)C3)c2ccccc21. The predicted octanol–water partition coefficient (Wildman–Crippen LogP) is 3.76. The number of nitrogens with zero attached hydrogens (tertiary/aromatic N) is 3. The molecule has 2 heterocycles. The van der Waals surface area contributed by atoms with Gasteiger partial charge in [0.05, 0.1) is 12.1 Å². The summed E-state index contributed by atoms with van der Waals surface area (Å²) in [4.78, 5) is 31.4. The van der Waals surface area contributed by atoms with Crippen LogP contribution >= 0.6 is 0 Å². The van der Waals surface area contributed by atoms with Crippen LogP contribution < -0.4 is 15.5 Å². The summed E-state index contributed by atoms with van der Waals surface area (Å²) in [5.41, 5.74) is 7.73. The molecule has 0 saturated carbocycles. The Morgan fingerprint density at radius 2 is 1.74 bits per heavy atom. The molecule has 0 bridgehead atoms. The third-order valence-corrected chi connectivity index (χ3v) is 6.91. The fraction of sp³-hybridized carbons (Fsp3) is 0.250. The summed E-state index contributed by atoms with van der Waals surface area (Å²) < 4.78 is 0. The van der Waals surface area contributed by atoms with Crippen molar-refractivity contribution in [1.29, 1.82) is 5.26 Å². The molecule has 2 aromatic rings. The van der Waals surface area contributed by atoms with E-state index in [1.54, 1.807) is 23.1 Å². The quantitative estimate of drug-likeness (QED) is 0.707. The van der Waals surface area contributed by atoms with Crippen LogP contribution in [0.1, 0.15) is 32.3 Å². The third kappa shape index (κ3) is 2.69. The maximum absolute atomic E-state index is 14.2. The molecule has 0 saturated heterocycles. The van der Waals surface area contributed by atoms with Crippen LogP contribution in [0.3, 0.4) is 0 Å². The molecule has 168 valence electrons. The van der Waals surface area contributed by atoms with Crippen LogP contribution in [0.5, 0.6) is 0 Å². The number of terminal acetylenes is 1. The van der Waals surface area contributed by atoms with Crippen LogP contribution in [-0.4, -0.2) is 18.2 Å². The lowest BCUT2D eigenvalue weighted by molar-refractivity contribution is -0.125. The summed E-state index contributed by atoms with van der Waals surface area (Å²) in [6.07, 6.45) is 6.39. The van der Waals surface area contributed by atoms with E-state index in [0.29, 0.717) is 28.9 Å². The number of Topliss-reactive ketones (excluding diaryl/α,β-unsaturated/α-hetero) is 1. The Morgan fingerprint density at radius 3 is 2.41 bits per heavy atom. The zero-order chi connectivity index (χ0) is 24.3. The zero-order valence-electron chi connectivity index (χ0n) is 19.1. The number of fused-ring (bicyclic) bond motifs is 3. The molecule has 0 aromatic heterocycles. The van der Waals surface area contributed by atoms with Crippen LogP contribution in [0.15, 0.2) is 77.3 Å². The molecule has 0 fully saturated rings. The minimum Gasteiger partial charge on any atom is -0.384 e. The molecule has 1 atom stereocenters. The number of hydrogen-bond donors (Lipinski definition) is 1. The Morgan fingerprint density at radius 1 is 1.06 bits per heavy atom. The number of nitrogens with two attached hydrogens (primary N) is 1. The number of rotatable bonds is 2. The number of nitriles is 1. The molecule has 6 heteroatoms. The van der Waals surface area contributed by atoms with E-state index >= 15 is 0 Å². The van der Waals surface area contributed by atoms with E-state index in [4.69, 9.17) is 12.2 Å². The lowest BCUT2D eigenvalue weighted by Crippen LogP contribution is -2.53. The van der Waals surface area contributed by atoms with Crippen LogP contribution in [0.2, 0.25) is 0 Å². The molecule has 2 aliphatic heterocycles. The number of ketones is 1. The standard InChI is InChI=1S/C28H24N4O2/c1-4-14-31-21-13-9-8-12-19(21)28(26(31)34)20(17-29)25(30)32(18-10-6-5-7-11-18)22-15-27(2,3)16-23(33)24(22)28/h1,5-13H,14-16,30H2,2-3H3/t28-/m0/s1. The minimum absolute atomic E-state index is 0.0287. The Labute approximate surface area is 199 Å². The number of carbonyl (C=O) groups excluding carboxylic acids is 2. The number of benzene rings is 2. The van der Waals surface area contributed by atoms with Gasteiger partial charge in [0.15, 0.2) is 5.78 Å². The van der Waals surface area contributed by atoms with Crippen LogP contribution in [-0.2, 0) is 15.0 Å². The van der Waals surface area contributed by atoms with Gasteiger partial charge in [0, 0.05) is 34.6 Å². The van der Waals surface area contributed by atoms with Gasteiger partial charge in [-0.15, -0.1) is 6.42 Å². The number of amides is 1. The Hall–Kier alpha value is -4.29. The van der Waals surface area contributed by atoms with Crippen molar-refractivity contribution < 1.29 is 9.59 Å². The van der Waals surface area contributed by atoms with Gasteiger partial charge in [0.25, 0.3) is 0 Å². The van der Waals surface area contributed by atoms with Crippen molar-refractivity contribution in [1.82, 2.24) is 0 Å². The second-order valence-corrected chi connectivity index (χ2v) is 9.67. The maximum Gasteiger partial charge on any atom is 0.248 e. The van der Waals surface area contributed by atoms with E-state index in [2.05, 4.69) is 12.0 Å². The van der Waals surface area contributed by atoms with Crippen molar-refractivity contribution in [3.05, 3.63) is 82.8 Å². The predicted molar refractivity (Wildman–Crippen MR) is 130 cm³/mol. The summed E-state index contributed by atoms with van der Waals surface area (Å²) in [5.74, 6) is 2.14. The summed E-state index contributed by atoms with van der Waals surface area (Å²) in [6, 6.07) is 18.8. The van der Waals surface area contributed by atoms with Gasteiger partial charge >= 0.3 is 0 Å². The Balaban J connectivity index is 1.92. The topological polar surface area (TPSA) is 90.4 Å². The van der Waals surface area contributed by atoms with Gasteiger partial charge in [0.2, 0.25) is 5.91 Å². The molecule has 3 aliphatic rings. The summed E-state index contributed by atoms with van der Waals surface area (Å²) >= 11 is 0. The van der Waals surface area contributed by atoms with Crippen molar-refractivity contribution in [2.75, 3.05) is 16.3 Å². The molecule has 2 N–H and O–H groups in total. The second kappa shape index (κ2) is 7.37. The van der Waals surface area contributed by atoms with E-state index < -0.39 is 11.3 Å². The summed E-state index contributed by atoms with van der Waals surface area (Å²) in [6.45, 7) is 4.08. The zero-order valence-corrected chi connectivity index (χ0v) is 19.1. The summed E-state index contributed by atoms with van der Waals surface area (Å²) in [5, 5.41) is 10.4. The Kier molecular flexibility index (Phi) is 4.67. The molecular weight excluding hydrogens is 424 g/mol. The first-order chi connectivity index (χ1) is 16.3. The lowest BCUT2D eigenvalue weighted by Gasteiger charge is -2.47. The second-order valence-electron chi connectivity index (χ2n) is 9.67. The largest absolute Gasteiger partial charge is 0.384 e. The highest BCUT2D eigenvalue weighted by Crippen LogP contribution is 2.58. The van der Waals surface area contributed by atoms with Crippen molar-refractivity contribution >= 4 is 23.1 Å². The minimum atomic E-state index is -1.61. The normalized spacial score (nSPS) is 23.1. The van der Waals surface area contributed by atoms with E-state index in [-0.39, 0.29) is 35.6 Å². The van der Waals surface area contributed by atoms with Crippen LogP contribution in [0, 0.1) is 29.1 Å². The first kappa shape index (κ1) is 21.6. The van der Waals surface area contributed by atoms with Gasteiger partial charge in [-0.05, 0) is 30.0 Å². The fourth-order valence-corrected chi connectivity index (χ4v) is 5.68. The average Bonchev–Trinajstić information content (AvgIpc) is 3.03. The number of para-hydroxylation sites is 2. The molecule has 1 amide bonds. The van der Waals surface area contributed by atoms with E-state index in [9.17, 15) is 14.9 Å². The Bertz CT molecular complexity index is 1390. The van der Waals surface area contributed by atoms with E-state index in [0.717, 1.165) is 5.69 Å². The van der Waals surface area contributed by atoms with Gasteiger partial charge in [-0.2, -0.15) is 5.26 Å². The highest BCUT2D eigenvalue weighted by Gasteiger charge is 2.63. The number of hydrogen-bond acceptors (Lipinski definition) is 5. The molecular formula is C28H24N4O2. The number of carbonyl (C=O) groups is 2. The van der Waals surface area contributed by atoms with Gasteiger partial charge in [-0.3, -0.25) is 19.4 Å². The maximum atomic E-state index is 14.2. The summed E-state index contributed by atoms with van der Waals surface area (Å²) in [7, 11) is 0. The van der Waals surface area contributed by atoms with Crippen molar-refractivity contribution in [3.8, 4) is 18.4 Å². The van der Waals surface area contributed by atoms with Gasteiger partial charge < -0.3 is 5.73 Å². The van der Waals surface area contributed by atoms with Crippen LogP contribution in [0.25, 0.3) is 0 Å². The molecule has 0 radical (unpaired) electrons. The molecule has 1 spiro atoms. The van der Waals surface area contributed by atoms with E-state index in [1.807, 2.05) is 50.2 Å². The molecule has 2 aromatic carbocycles. The highest BCUT2D eigenvalue weighted by atomic mass is 16.2. The first-order valence-electron chi connectivity index (χ1n) is 11.1.